The summed E-state index contributed by atoms with van der Waals surface area (Å²) in [7, 11) is 0. The van der Waals surface area contributed by atoms with Crippen LogP contribution in [0, 0.1) is 0 Å². The first-order valence-corrected chi connectivity index (χ1v) is 34.1. The van der Waals surface area contributed by atoms with Gasteiger partial charge in [-0.3, -0.25) is 9.59 Å². The first kappa shape index (κ1) is 73.3. The van der Waals surface area contributed by atoms with E-state index in [4.69, 9.17) is 4.74 Å². The Balaban J connectivity index is 3.40. The molecular formula is C69H133NO5. The molecule has 2 atom stereocenters. The molecule has 0 radical (unpaired) electrons. The summed E-state index contributed by atoms with van der Waals surface area (Å²) in [5.41, 5.74) is 0. The maximum Gasteiger partial charge on any atom is 0.305 e. The number of rotatable bonds is 64. The molecule has 0 aromatic carbocycles. The SMILES string of the molecule is CCCCCC/C=C\C/C=C\CCCCCCCCCC(=O)OCCCCCCCCCCCCCCCCCCCCC(=O)NC(CO)C(O)CCCCCCCCCCCCCCCCCCCCCCCC. The van der Waals surface area contributed by atoms with E-state index in [1.807, 2.05) is 0 Å². The second-order valence-corrected chi connectivity index (χ2v) is 23.5. The Morgan fingerprint density at radius 1 is 0.373 bits per heavy atom. The van der Waals surface area contributed by atoms with Gasteiger partial charge in [0.15, 0.2) is 0 Å². The minimum atomic E-state index is -0.669. The van der Waals surface area contributed by atoms with Crippen LogP contribution in [0.5, 0.6) is 0 Å². The van der Waals surface area contributed by atoms with E-state index < -0.39 is 12.1 Å². The van der Waals surface area contributed by atoms with Gasteiger partial charge in [-0.15, -0.1) is 0 Å². The van der Waals surface area contributed by atoms with Gasteiger partial charge in [-0.25, -0.2) is 0 Å². The number of ether oxygens (including phenoxy) is 1. The van der Waals surface area contributed by atoms with E-state index in [1.54, 1.807) is 0 Å². The van der Waals surface area contributed by atoms with Crippen LogP contribution in [0.2, 0.25) is 0 Å². The molecule has 0 bridgehead atoms. The van der Waals surface area contributed by atoms with Crippen LogP contribution in [0.4, 0.5) is 0 Å². The molecule has 0 aromatic rings. The number of nitrogens with one attached hydrogen (secondary N) is 1. The number of allylic oxidation sites excluding steroid dienone is 4. The zero-order valence-corrected chi connectivity index (χ0v) is 50.8. The second-order valence-electron chi connectivity index (χ2n) is 23.5. The van der Waals surface area contributed by atoms with Gasteiger partial charge in [0.2, 0.25) is 5.91 Å². The van der Waals surface area contributed by atoms with E-state index >= 15 is 0 Å². The highest BCUT2D eigenvalue weighted by Gasteiger charge is 2.20. The van der Waals surface area contributed by atoms with Gasteiger partial charge in [0, 0.05) is 12.8 Å². The lowest BCUT2D eigenvalue weighted by molar-refractivity contribution is -0.143. The van der Waals surface area contributed by atoms with E-state index in [1.165, 1.54) is 295 Å². The topological polar surface area (TPSA) is 95.9 Å². The number of hydrogen-bond acceptors (Lipinski definition) is 5. The van der Waals surface area contributed by atoms with Crippen molar-refractivity contribution in [1.82, 2.24) is 5.32 Å². The molecule has 0 saturated carbocycles. The van der Waals surface area contributed by atoms with Crippen molar-refractivity contribution in [3.05, 3.63) is 24.3 Å². The summed E-state index contributed by atoms with van der Waals surface area (Å²) in [5.74, 6) is -0.0338. The molecule has 0 rings (SSSR count). The summed E-state index contributed by atoms with van der Waals surface area (Å²) in [6.07, 6.45) is 80.6. The van der Waals surface area contributed by atoms with Crippen molar-refractivity contribution in [2.45, 2.75) is 392 Å². The largest absolute Gasteiger partial charge is 0.466 e. The van der Waals surface area contributed by atoms with Crippen molar-refractivity contribution in [3.8, 4) is 0 Å². The number of unbranched alkanes of at least 4 members (excludes halogenated alkanes) is 49. The fraction of sp³-hybridized carbons (Fsp3) is 0.913. The number of aliphatic hydroxyl groups excluding tert-OH is 2. The van der Waals surface area contributed by atoms with Crippen molar-refractivity contribution in [2.24, 2.45) is 0 Å². The molecule has 0 aliphatic rings. The molecule has 6 heteroatoms. The predicted molar refractivity (Wildman–Crippen MR) is 329 cm³/mol. The summed E-state index contributed by atoms with van der Waals surface area (Å²) >= 11 is 0. The van der Waals surface area contributed by atoms with Gasteiger partial charge in [-0.2, -0.15) is 0 Å². The van der Waals surface area contributed by atoms with Crippen molar-refractivity contribution in [2.75, 3.05) is 13.2 Å². The van der Waals surface area contributed by atoms with Crippen LogP contribution in [-0.2, 0) is 14.3 Å². The molecule has 75 heavy (non-hydrogen) atoms. The predicted octanol–water partition coefficient (Wildman–Crippen LogP) is 21.8. The molecule has 0 aliphatic carbocycles. The van der Waals surface area contributed by atoms with E-state index in [0.717, 1.165) is 51.4 Å². The molecule has 0 saturated heterocycles. The fourth-order valence-corrected chi connectivity index (χ4v) is 10.8. The minimum Gasteiger partial charge on any atom is -0.466 e. The zero-order valence-electron chi connectivity index (χ0n) is 50.8. The molecule has 6 nitrogen and oxygen atoms in total. The Hall–Kier alpha value is -1.66. The summed E-state index contributed by atoms with van der Waals surface area (Å²) in [5, 5.41) is 23.4. The van der Waals surface area contributed by atoms with Crippen LogP contribution in [0.15, 0.2) is 24.3 Å². The molecular weight excluding hydrogens is 923 g/mol. The zero-order chi connectivity index (χ0) is 54.3. The molecule has 0 aliphatic heterocycles. The monoisotopic (exact) mass is 1060 g/mol. The molecule has 0 aromatic heterocycles. The smallest absolute Gasteiger partial charge is 0.305 e. The third-order valence-electron chi connectivity index (χ3n) is 16.0. The van der Waals surface area contributed by atoms with Crippen LogP contribution in [0.25, 0.3) is 0 Å². The van der Waals surface area contributed by atoms with Crippen LogP contribution in [0.3, 0.4) is 0 Å². The number of aliphatic hydroxyl groups is 2. The molecule has 3 N–H and O–H groups in total. The normalized spacial score (nSPS) is 12.6. The van der Waals surface area contributed by atoms with Crippen LogP contribution < -0.4 is 5.32 Å². The first-order chi connectivity index (χ1) is 37.0. The van der Waals surface area contributed by atoms with Crippen LogP contribution >= 0.6 is 0 Å². The first-order valence-electron chi connectivity index (χ1n) is 34.1. The van der Waals surface area contributed by atoms with Gasteiger partial charge in [0.25, 0.3) is 0 Å². The fourth-order valence-electron chi connectivity index (χ4n) is 10.8. The highest BCUT2D eigenvalue weighted by molar-refractivity contribution is 5.76. The van der Waals surface area contributed by atoms with Gasteiger partial charge >= 0.3 is 5.97 Å². The summed E-state index contributed by atoms with van der Waals surface area (Å²) in [6, 6.07) is -0.546. The molecule has 0 spiro atoms. The maximum atomic E-state index is 12.5. The number of esters is 1. The van der Waals surface area contributed by atoms with Crippen molar-refractivity contribution >= 4 is 11.9 Å². The van der Waals surface area contributed by atoms with E-state index in [0.29, 0.717) is 25.9 Å². The van der Waals surface area contributed by atoms with Crippen LogP contribution in [0.1, 0.15) is 380 Å². The number of hydrogen-bond donors (Lipinski definition) is 3. The van der Waals surface area contributed by atoms with Crippen molar-refractivity contribution in [1.29, 1.82) is 0 Å². The summed E-state index contributed by atoms with van der Waals surface area (Å²) in [6.45, 7) is 4.96. The third-order valence-corrected chi connectivity index (χ3v) is 16.0. The summed E-state index contributed by atoms with van der Waals surface area (Å²) < 4.78 is 5.50. The molecule has 0 heterocycles. The van der Waals surface area contributed by atoms with Gasteiger partial charge < -0.3 is 20.3 Å². The van der Waals surface area contributed by atoms with Gasteiger partial charge in [0.05, 0.1) is 25.4 Å². The van der Waals surface area contributed by atoms with E-state index in [2.05, 4.69) is 43.5 Å². The van der Waals surface area contributed by atoms with Gasteiger partial charge in [-0.1, -0.05) is 334 Å². The maximum absolute atomic E-state index is 12.5. The Bertz CT molecular complexity index is 1170. The highest BCUT2D eigenvalue weighted by Crippen LogP contribution is 2.19. The van der Waals surface area contributed by atoms with Crippen molar-refractivity contribution < 1.29 is 24.5 Å². The van der Waals surface area contributed by atoms with Crippen molar-refractivity contribution in [3.63, 3.8) is 0 Å². The Kier molecular flexibility index (Phi) is 63.4. The molecule has 1 amide bonds. The van der Waals surface area contributed by atoms with E-state index in [-0.39, 0.29) is 18.5 Å². The lowest BCUT2D eigenvalue weighted by Crippen LogP contribution is -2.45. The molecule has 0 fully saturated rings. The van der Waals surface area contributed by atoms with Gasteiger partial charge in [-0.05, 0) is 57.8 Å². The Labute approximate surface area is 469 Å². The number of amides is 1. The Morgan fingerprint density at radius 3 is 1.03 bits per heavy atom. The quantitative estimate of drug-likeness (QED) is 0.0320. The van der Waals surface area contributed by atoms with Crippen LogP contribution in [-0.4, -0.2) is 47.4 Å². The average molecular weight is 1060 g/mol. The minimum absolute atomic E-state index is 0.00111. The number of carbonyl (C=O) groups excluding carboxylic acids is 2. The highest BCUT2D eigenvalue weighted by atomic mass is 16.5. The lowest BCUT2D eigenvalue weighted by atomic mass is 10.0. The Morgan fingerprint density at radius 2 is 0.667 bits per heavy atom. The lowest BCUT2D eigenvalue weighted by Gasteiger charge is -2.22. The second kappa shape index (κ2) is 64.9. The third kappa shape index (κ3) is 61.4. The molecule has 2 unspecified atom stereocenters. The molecule has 444 valence electrons. The van der Waals surface area contributed by atoms with E-state index in [9.17, 15) is 19.8 Å². The average Bonchev–Trinajstić information content (AvgIpc) is 3.41. The number of carbonyl (C=O) groups is 2. The standard InChI is InChI=1S/C69H133NO5/c1-3-5-7-9-11-13-15-17-19-21-23-24-25-26-29-33-37-41-45-49-53-57-61-67(72)66(65-71)70-68(73)62-58-54-50-46-42-38-34-30-27-28-32-36-40-44-48-52-56-60-64-75-69(74)63-59-55-51-47-43-39-35-31-22-20-18-16-14-12-10-8-6-4-2/h14,16,20,22,66-67,71-72H,3-13,15,17-19,21,23-65H2,1-2H3,(H,70,73)/b16-14-,22-20-. The summed E-state index contributed by atoms with van der Waals surface area (Å²) in [4.78, 5) is 24.6. The van der Waals surface area contributed by atoms with Gasteiger partial charge in [0.1, 0.15) is 0 Å².